The van der Waals surface area contributed by atoms with E-state index in [-0.39, 0.29) is 5.82 Å². The van der Waals surface area contributed by atoms with Crippen LogP contribution in [0.5, 0.6) is 5.75 Å². The number of hydrogen-bond acceptors (Lipinski definition) is 3. The first-order chi connectivity index (χ1) is 12.1. The molecular formula is C20H16FNO3. The molecule has 1 aliphatic heterocycles. The molecule has 0 radical (unpaired) electrons. The van der Waals surface area contributed by atoms with E-state index in [1.165, 1.54) is 19.2 Å². The number of hydrogen-bond donors (Lipinski definition) is 1. The van der Waals surface area contributed by atoms with Crippen LogP contribution in [0, 0.1) is 12.7 Å². The van der Waals surface area contributed by atoms with Gasteiger partial charge in [-0.05, 0) is 42.3 Å². The molecule has 2 heterocycles. The van der Waals surface area contributed by atoms with E-state index in [0.29, 0.717) is 17.9 Å². The third-order valence-electron chi connectivity index (χ3n) is 4.48. The van der Waals surface area contributed by atoms with Gasteiger partial charge in [0.1, 0.15) is 23.9 Å². The summed E-state index contributed by atoms with van der Waals surface area (Å²) in [6.45, 7) is 2.14. The monoisotopic (exact) mass is 337 g/mol. The van der Waals surface area contributed by atoms with Crippen molar-refractivity contribution in [1.29, 1.82) is 0 Å². The summed E-state index contributed by atoms with van der Waals surface area (Å²) in [5.41, 5.74) is 5.17. The second-order valence-electron chi connectivity index (χ2n) is 5.96. The first-order valence-corrected chi connectivity index (χ1v) is 7.92. The van der Waals surface area contributed by atoms with Gasteiger partial charge in [0.2, 0.25) is 0 Å². The van der Waals surface area contributed by atoms with E-state index >= 15 is 0 Å². The van der Waals surface area contributed by atoms with Gasteiger partial charge < -0.3 is 14.5 Å². The molecule has 25 heavy (non-hydrogen) atoms. The lowest BCUT2D eigenvalue weighted by atomic mass is 9.94. The summed E-state index contributed by atoms with van der Waals surface area (Å²) in [5, 5.41) is 0. The van der Waals surface area contributed by atoms with Crippen molar-refractivity contribution in [2.75, 3.05) is 7.11 Å². The van der Waals surface area contributed by atoms with Crippen molar-refractivity contribution in [2.45, 2.75) is 13.5 Å². The highest BCUT2D eigenvalue weighted by Crippen LogP contribution is 2.43. The minimum atomic E-state index is -0.467. The van der Waals surface area contributed by atoms with E-state index in [2.05, 4.69) is 4.98 Å². The second-order valence-corrected chi connectivity index (χ2v) is 5.96. The van der Waals surface area contributed by atoms with Gasteiger partial charge in [-0.3, -0.25) is 0 Å². The third-order valence-corrected chi connectivity index (χ3v) is 4.48. The smallest absolute Gasteiger partial charge is 0.355 e. The van der Waals surface area contributed by atoms with Crippen LogP contribution >= 0.6 is 0 Å². The predicted octanol–water partition coefficient (Wildman–Crippen LogP) is 4.48. The minimum absolute atomic E-state index is 0.313. The number of carbonyl (C=O) groups is 1. The Kier molecular flexibility index (Phi) is 3.57. The molecule has 1 aromatic heterocycles. The van der Waals surface area contributed by atoms with Gasteiger partial charge in [0.15, 0.2) is 0 Å². The average molecular weight is 337 g/mol. The average Bonchev–Trinajstić information content (AvgIpc) is 3.01. The van der Waals surface area contributed by atoms with Gasteiger partial charge in [0, 0.05) is 16.7 Å². The molecule has 0 saturated carbocycles. The van der Waals surface area contributed by atoms with E-state index in [9.17, 15) is 9.18 Å². The van der Waals surface area contributed by atoms with Gasteiger partial charge in [-0.25, -0.2) is 9.18 Å². The van der Waals surface area contributed by atoms with Crippen molar-refractivity contribution < 1.29 is 18.7 Å². The fourth-order valence-electron chi connectivity index (χ4n) is 3.32. The van der Waals surface area contributed by atoms with Gasteiger partial charge in [0.25, 0.3) is 0 Å². The van der Waals surface area contributed by atoms with Crippen molar-refractivity contribution in [3.05, 3.63) is 65.1 Å². The number of methoxy groups -OCH3 is 1. The molecule has 0 bridgehead atoms. The number of H-pyrrole nitrogens is 1. The molecule has 0 saturated heterocycles. The Morgan fingerprint density at radius 2 is 2.00 bits per heavy atom. The van der Waals surface area contributed by atoms with Gasteiger partial charge in [-0.1, -0.05) is 18.2 Å². The van der Waals surface area contributed by atoms with Crippen LogP contribution in [0.15, 0.2) is 42.5 Å². The molecule has 4 rings (SSSR count). The molecule has 0 amide bonds. The van der Waals surface area contributed by atoms with Crippen LogP contribution < -0.4 is 4.74 Å². The number of benzene rings is 2. The number of aromatic nitrogens is 1. The molecule has 2 aromatic carbocycles. The van der Waals surface area contributed by atoms with Crippen LogP contribution in [-0.4, -0.2) is 18.1 Å². The maximum atomic E-state index is 13.5. The van der Waals surface area contributed by atoms with Crippen LogP contribution in [0.2, 0.25) is 0 Å². The summed E-state index contributed by atoms with van der Waals surface area (Å²) in [5.74, 6) is -0.0208. The number of esters is 1. The summed E-state index contributed by atoms with van der Waals surface area (Å²) < 4.78 is 24.3. The topological polar surface area (TPSA) is 51.3 Å². The zero-order valence-electron chi connectivity index (χ0n) is 13.9. The first-order valence-electron chi connectivity index (χ1n) is 7.92. The SMILES string of the molecule is COC(=O)c1[nH]c2c(c1-c1ccc(F)cc1C)COc1ccccc1-2. The Bertz CT molecular complexity index is 991. The predicted molar refractivity (Wildman–Crippen MR) is 92.0 cm³/mol. The van der Waals surface area contributed by atoms with Crippen LogP contribution in [0.3, 0.4) is 0 Å². The number of para-hydroxylation sites is 1. The summed E-state index contributed by atoms with van der Waals surface area (Å²) in [7, 11) is 1.34. The zero-order chi connectivity index (χ0) is 17.6. The molecule has 3 aromatic rings. The minimum Gasteiger partial charge on any atom is -0.488 e. The lowest BCUT2D eigenvalue weighted by Crippen LogP contribution is -2.06. The highest BCUT2D eigenvalue weighted by Gasteiger charge is 2.29. The van der Waals surface area contributed by atoms with Crippen molar-refractivity contribution in [2.24, 2.45) is 0 Å². The number of aryl methyl sites for hydroxylation is 1. The van der Waals surface area contributed by atoms with Crippen molar-refractivity contribution in [3.8, 4) is 28.1 Å². The number of halogens is 1. The maximum Gasteiger partial charge on any atom is 0.355 e. The Hall–Kier alpha value is -3.08. The van der Waals surface area contributed by atoms with E-state index < -0.39 is 5.97 Å². The lowest BCUT2D eigenvalue weighted by Gasteiger charge is -2.19. The molecule has 0 aliphatic carbocycles. The number of rotatable bonds is 2. The highest BCUT2D eigenvalue weighted by molar-refractivity contribution is 6.00. The largest absolute Gasteiger partial charge is 0.488 e. The van der Waals surface area contributed by atoms with Crippen molar-refractivity contribution in [3.63, 3.8) is 0 Å². The van der Waals surface area contributed by atoms with Crippen LogP contribution in [0.1, 0.15) is 21.6 Å². The highest BCUT2D eigenvalue weighted by atomic mass is 19.1. The molecule has 1 N–H and O–H groups in total. The quantitative estimate of drug-likeness (QED) is 0.702. The van der Waals surface area contributed by atoms with Crippen LogP contribution in [0.4, 0.5) is 4.39 Å². The van der Waals surface area contributed by atoms with E-state index in [1.54, 1.807) is 6.07 Å². The zero-order valence-corrected chi connectivity index (χ0v) is 13.9. The lowest BCUT2D eigenvalue weighted by molar-refractivity contribution is 0.0596. The van der Waals surface area contributed by atoms with Gasteiger partial charge in [0.05, 0.1) is 12.8 Å². The van der Waals surface area contributed by atoms with E-state index in [4.69, 9.17) is 9.47 Å². The molecule has 0 fully saturated rings. The summed E-state index contributed by atoms with van der Waals surface area (Å²) >= 11 is 0. The number of aromatic amines is 1. The molecule has 126 valence electrons. The van der Waals surface area contributed by atoms with Crippen molar-refractivity contribution >= 4 is 5.97 Å². The Morgan fingerprint density at radius 1 is 1.20 bits per heavy atom. The standard InChI is InChI=1S/C20H16FNO3/c1-11-9-12(21)7-8-13(11)17-15-10-25-16-6-4-3-5-14(16)18(15)22-19(17)20(23)24-2/h3-9,22H,10H2,1-2H3. The molecule has 0 unspecified atom stereocenters. The Balaban J connectivity index is 2.01. The van der Waals surface area contributed by atoms with Crippen LogP contribution in [-0.2, 0) is 11.3 Å². The van der Waals surface area contributed by atoms with Gasteiger partial charge >= 0.3 is 5.97 Å². The van der Waals surface area contributed by atoms with Gasteiger partial charge in [-0.2, -0.15) is 0 Å². The van der Waals surface area contributed by atoms with E-state index in [0.717, 1.165) is 33.7 Å². The summed E-state index contributed by atoms with van der Waals surface area (Å²) in [6.07, 6.45) is 0. The molecule has 0 spiro atoms. The number of carbonyl (C=O) groups excluding carboxylic acids is 1. The first kappa shape index (κ1) is 15.4. The second kappa shape index (κ2) is 5.77. The molecule has 1 aliphatic rings. The molecule has 5 heteroatoms. The van der Waals surface area contributed by atoms with Gasteiger partial charge in [-0.15, -0.1) is 0 Å². The van der Waals surface area contributed by atoms with Crippen LogP contribution in [0.25, 0.3) is 22.4 Å². The van der Waals surface area contributed by atoms with Crippen molar-refractivity contribution in [1.82, 2.24) is 4.98 Å². The maximum absolute atomic E-state index is 13.5. The number of nitrogens with one attached hydrogen (secondary N) is 1. The normalized spacial score (nSPS) is 12.1. The fraction of sp³-hybridized carbons (Fsp3) is 0.150. The Morgan fingerprint density at radius 3 is 2.76 bits per heavy atom. The molecule has 0 atom stereocenters. The number of ether oxygens (including phenoxy) is 2. The summed E-state index contributed by atoms with van der Waals surface area (Å²) in [4.78, 5) is 15.5. The van der Waals surface area contributed by atoms with E-state index in [1.807, 2.05) is 31.2 Å². The Labute approximate surface area is 144 Å². The summed E-state index contributed by atoms with van der Waals surface area (Å²) in [6, 6.07) is 12.2. The molecular weight excluding hydrogens is 321 g/mol. The third kappa shape index (κ3) is 2.39. The number of fused-ring (bicyclic) bond motifs is 3. The molecule has 4 nitrogen and oxygen atoms in total. The fourth-order valence-corrected chi connectivity index (χ4v) is 3.32.